The van der Waals surface area contributed by atoms with Crippen molar-refractivity contribution in [3.8, 4) is 5.75 Å². The van der Waals surface area contributed by atoms with Crippen LogP contribution in [0, 0.1) is 0 Å². The molecule has 2 aliphatic rings. The predicted octanol–water partition coefficient (Wildman–Crippen LogP) is 3.77. The van der Waals surface area contributed by atoms with Gasteiger partial charge in [-0.05, 0) is 48.2 Å². The maximum absolute atomic E-state index is 14.9. The summed E-state index contributed by atoms with van der Waals surface area (Å²) >= 11 is 0. The Morgan fingerprint density at radius 3 is 2.49 bits per heavy atom. The molecule has 0 radical (unpaired) electrons. The normalized spacial score (nSPS) is 20.4. The van der Waals surface area contributed by atoms with Crippen LogP contribution < -0.4 is 10.1 Å². The second-order valence-electron chi connectivity index (χ2n) is 8.61. The first-order chi connectivity index (χ1) is 17.7. The second-order valence-corrected chi connectivity index (χ2v) is 8.61. The molecule has 0 aromatic heterocycles. The number of carbonyl (C=O) groups is 4. The van der Waals surface area contributed by atoms with Crippen LogP contribution in [0.1, 0.15) is 53.2 Å². The standard InChI is InChI=1S/C25H21F5N2O5/c1-37-15-4-6-17(18(11-15)25(28,29)30)24(26,27)20(33)8-3-13-2-5-16-14(10-13)12-32(23(16)36)19-7-9-21(34)31-22(19)35/h2,4-6,10-11,19H,3,7-9,12H2,1H3,(H,31,34,35)/t19-/m1/s1/i19D. The number of halogens is 5. The van der Waals surface area contributed by atoms with E-state index in [2.05, 4.69) is 4.74 Å². The quantitative estimate of drug-likeness (QED) is 0.439. The molecule has 1 atom stereocenters. The van der Waals surface area contributed by atoms with Gasteiger partial charge in [-0.15, -0.1) is 0 Å². The van der Waals surface area contributed by atoms with Crippen LogP contribution in [0.25, 0.3) is 0 Å². The van der Waals surface area contributed by atoms with Gasteiger partial charge >= 0.3 is 12.1 Å². The van der Waals surface area contributed by atoms with E-state index in [1.54, 1.807) is 0 Å². The van der Waals surface area contributed by atoms with Crippen molar-refractivity contribution >= 4 is 23.5 Å². The molecule has 3 amide bonds. The first-order valence-electron chi connectivity index (χ1n) is 11.6. The van der Waals surface area contributed by atoms with E-state index in [-0.39, 0.29) is 37.1 Å². The molecule has 0 unspecified atom stereocenters. The zero-order valence-corrected chi connectivity index (χ0v) is 19.4. The Morgan fingerprint density at radius 2 is 1.84 bits per heavy atom. The molecule has 0 bridgehead atoms. The van der Waals surface area contributed by atoms with Gasteiger partial charge in [0.05, 0.1) is 14.0 Å². The van der Waals surface area contributed by atoms with Gasteiger partial charge in [0.15, 0.2) is 0 Å². The topological polar surface area (TPSA) is 92.8 Å². The minimum atomic E-state index is -5.15. The number of piperidine rings is 1. The molecule has 2 aromatic rings. The van der Waals surface area contributed by atoms with Crippen LogP contribution in [-0.2, 0) is 39.4 Å². The third-order valence-electron chi connectivity index (χ3n) is 6.26. The Kier molecular flexibility index (Phi) is 6.42. The average molecular weight is 525 g/mol. The number of amides is 3. The molecule has 2 aromatic carbocycles. The number of aryl methyl sites for hydroxylation is 1. The van der Waals surface area contributed by atoms with E-state index in [0.717, 1.165) is 18.1 Å². The maximum atomic E-state index is 14.9. The van der Waals surface area contributed by atoms with Gasteiger partial charge in [0.1, 0.15) is 11.8 Å². The number of fused-ring (bicyclic) bond motifs is 1. The van der Waals surface area contributed by atoms with Crippen LogP contribution in [0.5, 0.6) is 5.75 Å². The molecule has 4 rings (SSSR count). The monoisotopic (exact) mass is 525 g/mol. The van der Waals surface area contributed by atoms with E-state index >= 15 is 0 Å². The maximum Gasteiger partial charge on any atom is 0.417 e. The highest BCUT2D eigenvalue weighted by atomic mass is 19.4. The number of rotatable bonds is 7. The fraction of sp³-hybridized carbons (Fsp3) is 0.360. The van der Waals surface area contributed by atoms with Crippen molar-refractivity contribution in [2.24, 2.45) is 0 Å². The van der Waals surface area contributed by atoms with E-state index in [0.29, 0.717) is 23.3 Å². The lowest BCUT2D eigenvalue weighted by atomic mass is 9.94. The van der Waals surface area contributed by atoms with Gasteiger partial charge in [-0.2, -0.15) is 22.0 Å². The van der Waals surface area contributed by atoms with E-state index in [1.165, 1.54) is 18.2 Å². The van der Waals surface area contributed by atoms with Gasteiger partial charge in [0.2, 0.25) is 17.6 Å². The first-order valence-corrected chi connectivity index (χ1v) is 11.1. The molecule has 2 aliphatic heterocycles. The van der Waals surface area contributed by atoms with E-state index in [4.69, 9.17) is 1.37 Å². The van der Waals surface area contributed by atoms with Gasteiger partial charge in [0.25, 0.3) is 5.91 Å². The number of nitrogens with zero attached hydrogens (tertiary/aromatic N) is 1. The summed E-state index contributed by atoms with van der Waals surface area (Å²) in [5.41, 5.74) is -2.23. The third kappa shape index (κ3) is 5.05. The summed E-state index contributed by atoms with van der Waals surface area (Å²) in [4.78, 5) is 50.0. The number of benzene rings is 2. The van der Waals surface area contributed by atoms with Gasteiger partial charge in [-0.3, -0.25) is 24.5 Å². The summed E-state index contributed by atoms with van der Waals surface area (Å²) in [6.07, 6.45) is -6.52. The van der Waals surface area contributed by atoms with Crippen molar-refractivity contribution in [1.82, 2.24) is 10.2 Å². The summed E-state index contributed by atoms with van der Waals surface area (Å²) in [5, 5.41) is 2.04. The molecule has 0 spiro atoms. The van der Waals surface area contributed by atoms with Crippen molar-refractivity contribution in [2.45, 2.75) is 50.3 Å². The van der Waals surface area contributed by atoms with Gasteiger partial charge in [-0.25, -0.2) is 0 Å². The number of methoxy groups -OCH3 is 1. The molecular weight excluding hydrogens is 503 g/mol. The summed E-state index contributed by atoms with van der Waals surface area (Å²) in [6.45, 7) is -0.155. The van der Waals surface area contributed by atoms with Crippen LogP contribution in [0.3, 0.4) is 0 Å². The van der Waals surface area contributed by atoms with Crippen molar-refractivity contribution < 1.29 is 47.2 Å². The van der Waals surface area contributed by atoms with Crippen molar-refractivity contribution in [1.29, 1.82) is 0 Å². The van der Waals surface area contributed by atoms with Crippen molar-refractivity contribution in [3.63, 3.8) is 0 Å². The summed E-state index contributed by atoms with van der Waals surface area (Å²) in [6, 6.07) is 4.06. The van der Waals surface area contributed by atoms with Crippen molar-refractivity contribution in [2.75, 3.05) is 7.11 Å². The lowest BCUT2D eigenvalue weighted by molar-refractivity contribution is -0.151. The molecule has 1 fully saturated rings. The Balaban J connectivity index is 1.50. The van der Waals surface area contributed by atoms with Gasteiger partial charge in [-0.1, -0.05) is 12.1 Å². The van der Waals surface area contributed by atoms with E-state index < -0.39 is 59.2 Å². The number of ether oxygens (including phenoxy) is 1. The average Bonchev–Trinajstić information content (AvgIpc) is 3.20. The SMILES string of the molecule is [2H][C@@]1(N2Cc3cc(CCC(=O)C(F)(F)c4ccc(OC)cc4C(F)(F)F)ccc3C2=O)CCC(=O)NC1=O. The second kappa shape index (κ2) is 9.56. The number of ketones is 1. The Hall–Kier alpha value is -3.83. The lowest BCUT2D eigenvalue weighted by Gasteiger charge is -2.29. The zero-order chi connectivity index (χ0) is 28.0. The summed E-state index contributed by atoms with van der Waals surface area (Å²) < 4.78 is 83.2. The van der Waals surface area contributed by atoms with E-state index in [1.807, 2.05) is 5.32 Å². The number of imide groups is 1. The number of hydrogen-bond acceptors (Lipinski definition) is 5. The smallest absolute Gasteiger partial charge is 0.417 e. The summed E-state index contributed by atoms with van der Waals surface area (Å²) in [5.74, 6) is -8.54. The fourth-order valence-electron chi connectivity index (χ4n) is 4.34. The third-order valence-corrected chi connectivity index (χ3v) is 6.26. The molecule has 1 saturated heterocycles. The van der Waals surface area contributed by atoms with Crippen LogP contribution in [-0.4, -0.2) is 41.5 Å². The number of carbonyl (C=O) groups excluding carboxylic acids is 4. The van der Waals surface area contributed by atoms with Crippen LogP contribution in [0.4, 0.5) is 22.0 Å². The number of Topliss-reactive ketones (excluding diaryl/α,β-unsaturated/α-hetero) is 1. The fourth-order valence-corrected chi connectivity index (χ4v) is 4.34. The zero-order valence-electron chi connectivity index (χ0n) is 20.4. The van der Waals surface area contributed by atoms with Crippen LogP contribution >= 0.6 is 0 Å². The van der Waals surface area contributed by atoms with E-state index in [9.17, 15) is 41.1 Å². The molecule has 196 valence electrons. The summed E-state index contributed by atoms with van der Waals surface area (Å²) in [7, 11) is 1.08. The van der Waals surface area contributed by atoms with Gasteiger partial charge < -0.3 is 9.64 Å². The van der Waals surface area contributed by atoms with Crippen molar-refractivity contribution in [3.05, 3.63) is 64.2 Å². The first kappa shape index (κ1) is 24.8. The van der Waals surface area contributed by atoms with Crippen LogP contribution in [0.15, 0.2) is 36.4 Å². The predicted molar refractivity (Wildman–Crippen MR) is 118 cm³/mol. The Bertz CT molecular complexity index is 1350. The largest absolute Gasteiger partial charge is 0.497 e. The minimum absolute atomic E-state index is 0.124. The molecule has 7 nitrogen and oxygen atoms in total. The highest BCUT2D eigenvalue weighted by Gasteiger charge is 2.47. The number of nitrogens with one attached hydrogen (secondary N) is 1. The minimum Gasteiger partial charge on any atom is -0.497 e. The molecule has 0 saturated carbocycles. The molecule has 37 heavy (non-hydrogen) atoms. The highest BCUT2D eigenvalue weighted by molar-refractivity contribution is 6.05. The Labute approximate surface area is 209 Å². The Morgan fingerprint density at radius 1 is 1.11 bits per heavy atom. The molecule has 1 N–H and O–H groups in total. The molecule has 12 heteroatoms. The number of hydrogen-bond donors (Lipinski definition) is 1. The number of alkyl halides is 5. The van der Waals surface area contributed by atoms with Gasteiger partial charge in [0, 0.05) is 30.5 Å². The lowest BCUT2D eigenvalue weighted by Crippen LogP contribution is -2.52. The van der Waals surface area contributed by atoms with Crippen LogP contribution in [0.2, 0.25) is 0 Å². The molecular formula is C25H21F5N2O5. The highest BCUT2D eigenvalue weighted by Crippen LogP contribution is 2.42. The molecule has 2 heterocycles. The molecule has 0 aliphatic carbocycles.